The number of carbonyl (C=O) groups excluding carboxylic acids is 1. The lowest BCUT2D eigenvalue weighted by molar-refractivity contribution is -0.135. The minimum absolute atomic E-state index is 0.306. The number of carbonyl (C=O) groups is 1. The molecule has 0 bridgehead atoms. The zero-order chi connectivity index (χ0) is 19.7. The lowest BCUT2D eigenvalue weighted by Crippen LogP contribution is -2.44. The van der Waals surface area contributed by atoms with Gasteiger partial charge in [-0.2, -0.15) is 0 Å². The molecule has 1 amide bonds. The Labute approximate surface area is 176 Å². The van der Waals surface area contributed by atoms with Crippen molar-refractivity contribution in [1.29, 1.82) is 0 Å². The van der Waals surface area contributed by atoms with E-state index in [1.165, 1.54) is 82.9 Å². The molecule has 1 saturated heterocycles. The van der Waals surface area contributed by atoms with E-state index in [0.717, 1.165) is 25.6 Å². The van der Waals surface area contributed by atoms with Crippen LogP contribution in [0.1, 0.15) is 76.2 Å². The van der Waals surface area contributed by atoms with Crippen LogP contribution in [0, 0.1) is 17.3 Å². The standard InChI is InChI=1S/C25H37N3O/c29-24(23-16-25(23)11-3-4-12-25)28(19-21-6-5-13-26-17-21)18-20-9-14-27(15-10-20)22-7-1-2-8-22/h5-6,13,17,20,22-23H,1-4,7-12,14-16,18-19H2. The Bertz CT molecular complexity index is 685. The maximum absolute atomic E-state index is 13.5. The average Bonchev–Trinajstić information content (AvgIpc) is 3.10. The van der Waals surface area contributed by atoms with Gasteiger partial charge in [-0.05, 0) is 81.0 Å². The molecule has 3 aliphatic carbocycles. The molecule has 1 atom stereocenters. The highest BCUT2D eigenvalue weighted by molar-refractivity contribution is 5.82. The van der Waals surface area contributed by atoms with E-state index in [0.29, 0.717) is 23.2 Å². The van der Waals surface area contributed by atoms with Crippen molar-refractivity contribution in [2.45, 2.75) is 83.2 Å². The van der Waals surface area contributed by atoms with Crippen molar-refractivity contribution in [3.8, 4) is 0 Å². The highest BCUT2D eigenvalue weighted by Crippen LogP contribution is 2.63. The van der Waals surface area contributed by atoms with E-state index in [1.807, 2.05) is 18.5 Å². The van der Waals surface area contributed by atoms with Crippen LogP contribution in [0.3, 0.4) is 0 Å². The summed E-state index contributed by atoms with van der Waals surface area (Å²) in [4.78, 5) is 22.8. The zero-order valence-corrected chi connectivity index (χ0v) is 17.9. The third-order valence-electron chi connectivity index (χ3n) is 8.46. The SMILES string of the molecule is O=C(C1CC12CCCC2)N(Cc1cccnc1)CC1CCN(C2CCCC2)CC1. The summed E-state index contributed by atoms with van der Waals surface area (Å²) in [6.45, 7) is 4.15. The molecule has 1 spiro atoms. The molecule has 4 heteroatoms. The average molecular weight is 396 g/mol. The molecule has 2 heterocycles. The molecule has 1 aromatic heterocycles. The predicted molar refractivity (Wildman–Crippen MR) is 115 cm³/mol. The number of pyridine rings is 1. The largest absolute Gasteiger partial charge is 0.338 e. The molecule has 3 saturated carbocycles. The van der Waals surface area contributed by atoms with Crippen LogP contribution in [-0.2, 0) is 11.3 Å². The molecule has 4 nitrogen and oxygen atoms in total. The summed E-state index contributed by atoms with van der Waals surface area (Å²) in [5, 5.41) is 0. The number of hydrogen-bond acceptors (Lipinski definition) is 3. The third-order valence-corrected chi connectivity index (χ3v) is 8.46. The van der Waals surface area contributed by atoms with Crippen LogP contribution in [0.4, 0.5) is 0 Å². The van der Waals surface area contributed by atoms with E-state index in [-0.39, 0.29) is 0 Å². The van der Waals surface area contributed by atoms with Gasteiger partial charge in [-0.15, -0.1) is 0 Å². The number of rotatable bonds is 6. The van der Waals surface area contributed by atoms with Gasteiger partial charge in [0, 0.05) is 37.4 Å². The lowest BCUT2D eigenvalue weighted by Gasteiger charge is -2.38. The Morgan fingerprint density at radius 1 is 1.10 bits per heavy atom. The van der Waals surface area contributed by atoms with Crippen molar-refractivity contribution in [3.63, 3.8) is 0 Å². The normalized spacial score (nSPS) is 27.5. The fraction of sp³-hybridized carbons (Fsp3) is 0.760. The first kappa shape index (κ1) is 19.5. The van der Waals surface area contributed by atoms with Crippen molar-refractivity contribution in [1.82, 2.24) is 14.8 Å². The van der Waals surface area contributed by atoms with Crippen LogP contribution in [0.25, 0.3) is 0 Å². The van der Waals surface area contributed by atoms with Crippen LogP contribution in [0.15, 0.2) is 24.5 Å². The van der Waals surface area contributed by atoms with Crippen LogP contribution >= 0.6 is 0 Å². The number of hydrogen-bond donors (Lipinski definition) is 0. The number of piperidine rings is 1. The first-order valence-electron chi connectivity index (χ1n) is 12.2. The van der Waals surface area contributed by atoms with Crippen molar-refractivity contribution in [2.24, 2.45) is 17.3 Å². The van der Waals surface area contributed by atoms with Crippen molar-refractivity contribution in [2.75, 3.05) is 19.6 Å². The second-order valence-electron chi connectivity index (χ2n) is 10.3. The predicted octanol–water partition coefficient (Wildman–Crippen LogP) is 4.65. The van der Waals surface area contributed by atoms with Gasteiger partial charge < -0.3 is 9.80 Å². The summed E-state index contributed by atoms with van der Waals surface area (Å²) < 4.78 is 0. The summed E-state index contributed by atoms with van der Waals surface area (Å²) in [6.07, 6.45) is 18.3. The number of amides is 1. The topological polar surface area (TPSA) is 36.4 Å². The van der Waals surface area contributed by atoms with Crippen LogP contribution in [0.5, 0.6) is 0 Å². The minimum atomic E-state index is 0.306. The van der Waals surface area contributed by atoms with E-state index >= 15 is 0 Å². The van der Waals surface area contributed by atoms with Gasteiger partial charge in [-0.25, -0.2) is 0 Å². The molecule has 4 fully saturated rings. The smallest absolute Gasteiger partial charge is 0.226 e. The number of nitrogens with zero attached hydrogens (tertiary/aromatic N) is 3. The molecular weight excluding hydrogens is 358 g/mol. The Kier molecular flexibility index (Phi) is 5.64. The van der Waals surface area contributed by atoms with Crippen molar-refractivity contribution >= 4 is 5.91 Å². The van der Waals surface area contributed by atoms with Gasteiger partial charge in [0.1, 0.15) is 0 Å². The first-order valence-corrected chi connectivity index (χ1v) is 12.2. The summed E-state index contributed by atoms with van der Waals surface area (Å²) in [5.74, 6) is 1.40. The number of likely N-dealkylation sites (tertiary alicyclic amines) is 1. The Hall–Kier alpha value is -1.42. The second kappa shape index (κ2) is 8.37. The molecule has 4 aliphatic rings. The molecule has 1 aromatic rings. The van der Waals surface area contributed by atoms with Crippen LogP contribution in [0.2, 0.25) is 0 Å². The Morgan fingerprint density at radius 2 is 1.86 bits per heavy atom. The Morgan fingerprint density at radius 3 is 2.55 bits per heavy atom. The molecule has 5 rings (SSSR count). The van der Waals surface area contributed by atoms with E-state index in [4.69, 9.17) is 0 Å². The van der Waals surface area contributed by atoms with Crippen LogP contribution in [-0.4, -0.2) is 46.4 Å². The maximum atomic E-state index is 13.5. The molecule has 158 valence electrons. The fourth-order valence-corrected chi connectivity index (χ4v) is 6.58. The van der Waals surface area contributed by atoms with E-state index in [1.54, 1.807) is 0 Å². The third kappa shape index (κ3) is 4.23. The summed E-state index contributed by atoms with van der Waals surface area (Å²) in [6, 6.07) is 4.96. The molecular formula is C25H37N3O. The van der Waals surface area contributed by atoms with E-state index in [2.05, 4.69) is 20.9 Å². The van der Waals surface area contributed by atoms with Gasteiger partial charge in [-0.1, -0.05) is 31.7 Å². The summed E-state index contributed by atoms with van der Waals surface area (Å²) >= 11 is 0. The minimum Gasteiger partial charge on any atom is -0.338 e. The van der Waals surface area contributed by atoms with Crippen LogP contribution < -0.4 is 0 Å². The number of aromatic nitrogens is 1. The molecule has 0 aromatic carbocycles. The van der Waals surface area contributed by atoms with E-state index in [9.17, 15) is 4.79 Å². The second-order valence-corrected chi connectivity index (χ2v) is 10.3. The van der Waals surface area contributed by atoms with Gasteiger partial charge in [0.2, 0.25) is 5.91 Å². The quantitative estimate of drug-likeness (QED) is 0.704. The maximum Gasteiger partial charge on any atom is 0.226 e. The fourth-order valence-electron chi connectivity index (χ4n) is 6.58. The van der Waals surface area contributed by atoms with Crippen molar-refractivity contribution in [3.05, 3.63) is 30.1 Å². The highest BCUT2D eigenvalue weighted by atomic mass is 16.2. The van der Waals surface area contributed by atoms with Gasteiger partial charge in [0.25, 0.3) is 0 Å². The first-order chi connectivity index (χ1) is 14.2. The van der Waals surface area contributed by atoms with Gasteiger partial charge in [0.15, 0.2) is 0 Å². The molecule has 1 aliphatic heterocycles. The molecule has 29 heavy (non-hydrogen) atoms. The Balaban J connectivity index is 1.22. The van der Waals surface area contributed by atoms with Gasteiger partial charge in [0.05, 0.1) is 0 Å². The lowest BCUT2D eigenvalue weighted by atomic mass is 9.94. The monoisotopic (exact) mass is 395 g/mol. The zero-order valence-electron chi connectivity index (χ0n) is 17.9. The van der Waals surface area contributed by atoms with Crippen molar-refractivity contribution < 1.29 is 4.79 Å². The van der Waals surface area contributed by atoms with Gasteiger partial charge >= 0.3 is 0 Å². The summed E-state index contributed by atoms with van der Waals surface area (Å²) in [5.41, 5.74) is 1.56. The molecule has 0 radical (unpaired) electrons. The molecule has 0 N–H and O–H groups in total. The van der Waals surface area contributed by atoms with Gasteiger partial charge in [-0.3, -0.25) is 9.78 Å². The summed E-state index contributed by atoms with van der Waals surface area (Å²) in [7, 11) is 0. The van der Waals surface area contributed by atoms with E-state index < -0.39 is 0 Å². The molecule has 1 unspecified atom stereocenters. The highest BCUT2D eigenvalue weighted by Gasteiger charge is 2.59.